The molecule has 0 aromatic heterocycles. The lowest BCUT2D eigenvalue weighted by Gasteiger charge is -2.26. The Morgan fingerprint density at radius 3 is 2.84 bits per heavy atom. The number of hydrogen-bond acceptors (Lipinski definition) is 3. The first-order valence-corrected chi connectivity index (χ1v) is 7.75. The van der Waals surface area contributed by atoms with E-state index >= 15 is 0 Å². The van der Waals surface area contributed by atoms with Crippen LogP contribution < -0.4 is 4.90 Å². The molecule has 0 spiro atoms. The highest BCUT2D eigenvalue weighted by molar-refractivity contribution is 9.10. The minimum absolute atomic E-state index is 0.357. The average Bonchev–Trinajstić information content (AvgIpc) is 2.88. The van der Waals surface area contributed by atoms with Gasteiger partial charge in [-0.05, 0) is 44.4 Å². The smallest absolute Gasteiger partial charge is 0.0772 e. The molecule has 1 N–H and O–H groups in total. The zero-order chi connectivity index (χ0) is 13.8. The molecule has 0 radical (unpaired) electrons. The number of likely N-dealkylation sites (N-methyl/N-ethyl adjacent to an activating group) is 1. The lowest BCUT2D eigenvalue weighted by Crippen LogP contribution is -2.32. The fourth-order valence-corrected chi connectivity index (χ4v) is 3.20. The second-order valence-electron chi connectivity index (χ2n) is 5.06. The summed E-state index contributed by atoms with van der Waals surface area (Å²) < 4.78 is 6.67. The molecule has 1 heterocycles. The van der Waals surface area contributed by atoms with Crippen molar-refractivity contribution in [1.82, 2.24) is 0 Å². The van der Waals surface area contributed by atoms with E-state index in [1.54, 1.807) is 6.92 Å². The van der Waals surface area contributed by atoms with Crippen LogP contribution in [0.25, 0.3) is 0 Å². The SMILES string of the molecule is CCN(CC1CCCO1)c1ccc([C@H](C)O)c(Br)c1. The fourth-order valence-electron chi connectivity index (χ4n) is 2.50. The molecule has 2 rings (SSSR count). The van der Waals surface area contributed by atoms with E-state index in [0.717, 1.165) is 36.2 Å². The first-order chi connectivity index (χ1) is 9.11. The van der Waals surface area contributed by atoms with Gasteiger partial charge in [-0.15, -0.1) is 0 Å². The third-order valence-corrected chi connectivity index (χ3v) is 4.32. The van der Waals surface area contributed by atoms with Crippen LogP contribution in [-0.2, 0) is 4.74 Å². The molecule has 1 saturated heterocycles. The molecule has 1 aliphatic rings. The Morgan fingerprint density at radius 1 is 1.53 bits per heavy atom. The van der Waals surface area contributed by atoms with Crippen LogP contribution >= 0.6 is 15.9 Å². The summed E-state index contributed by atoms with van der Waals surface area (Å²) in [4.78, 5) is 2.33. The van der Waals surface area contributed by atoms with Crippen LogP contribution in [-0.4, -0.2) is 30.9 Å². The molecule has 1 fully saturated rings. The van der Waals surface area contributed by atoms with E-state index in [4.69, 9.17) is 4.74 Å². The van der Waals surface area contributed by atoms with Gasteiger partial charge in [0.05, 0.1) is 12.2 Å². The first kappa shape index (κ1) is 14.8. The van der Waals surface area contributed by atoms with Gasteiger partial charge in [0.15, 0.2) is 0 Å². The van der Waals surface area contributed by atoms with Gasteiger partial charge in [0.1, 0.15) is 0 Å². The highest BCUT2D eigenvalue weighted by atomic mass is 79.9. The molecule has 4 heteroatoms. The van der Waals surface area contributed by atoms with Crippen LogP contribution in [0.3, 0.4) is 0 Å². The maximum absolute atomic E-state index is 9.66. The minimum Gasteiger partial charge on any atom is -0.389 e. The third kappa shape index (κ3) is 3.71. The summed E-state index contributed by atoms with van der Waals surface area (Å²) in [5, 5.41) is 9.66. The summed E-state index contributed by atoms with van der Waals surface area (Å²) in [6.07, 6.45) is 2.24. The zero-order valence-electron chi connectivity index (χ0n) is 11.6. The summed E-state index contributed by atoms with van der Waals surface area (Å²) in [5.41, 5.74) is 2.10. The predicted molar refractivity (Wildman–Crippen MR) is 81.6 cm³/mol. The molecule has 106 valence electrons. The lowest BCUT2D eigenvalue weighted by atomic mass is 10.1. The fraction of sp³-hybridized carbons (Fsp3) is 0.600. The summed E-state index contributed by atoms with van der Waals surface area (Å²) in [6, 6.07) is 6.15. The van der Waals surface area contributed by atoms with Crippen molar-refractivity contribution in [2.24, 2.45) is 0 Å². The van der Waals surface area contributed by atoms with Gasteiger partial charge in [0, 0.05) is 29.9 Å². The second kappa shape index (κ2) is 6.73. The molecule has 1 aromatic rings. The molecule has 2 atom stereocenters. The van der Waals surface area contributed by atoms with E-state index in [1.165, 1.54) is 12.1 Å². The number of hydrogen-bond donors (Lipinski definition) is 1. The molecule has 3 nitrogen and oxygen atoms in total. The molecule has 19 heavy (non-hydrogen) atoms. The van der Waals surface area contributed by atoms with Crippen LogP contribution in [0, 0.1) is 0 Å². The van der Waals surface area contributed by atoms with Gasteiger partial charge in [-0.2, -0.15) is 0 Å². The van der Waals surface area contributed by atoms with Gasteiger partial charge in [0.25, 0.3) is 0 Å². The van der Waals surface area contributed by atoms with Crippen molar-refractivity contribution in [3.8, 4) is 0 Å². The van der Waals surface area contributed by atoms with E-state index in [9.17, 15) is 5.11 Å². The molecule has 1 aliphatic heterocycles. The van der Waals surface area contributed by atoms with Crippen LogP contribution in [0.15, 0.2) is 22.7 Å². The van der Waals surface area contributed by atoms with Crippen LogP contribution in [0.5, 0.6) is 0 Å². The maximum atomic E-state index is 9.66. The van der Waals surface area contributed by atoms with Crippen LogP contribution in [0.2, 0.25) is 0 Å². The minimum atomic E-state index is -0.448. The van der Waals surface area contributed by atoms with Gasteiger partial charge in [0.2, 0.25) is 0 Å². The summed E-state index contributed by atoms with van der Waals surface area (Å²) in [7, 11) is 0. The largest absolute Gasteiger partial charge is 0.389 e. The number of anilines is 1. The molecular formula is C15H22BrNO2. The summed E-state index contributed by atoms with van der Waals surface area (Å²) in [6.45, 7) is 6.74. The van der Waals surface area contributed by atoms with Gasteiger partial charge in [-0.25, -0.2) is 0 Å². The third-order valence-electron chi connectivity index (χ3n) is 3.63. The van der Waals surface area contributed by atoms with Gasteiger partial charge in [-0.1, -0.05) is 22.0 Å². The summed E-state index contributed by atoms with van der Waals surface area (Å²) in [5.74, 6) is 0. The summed E-state index contributed by atoms with van der Waals surface area (Å²) >= 11 is 3.54. The topological polar surface area (TPSA) is 32.7 Å². The molecule has 1 unspecified atom stereocenters. The van der Waals surface area contributed by atoms with E-state index in [2.05, 4.69) is 39.9 Å². The van der Waals surface area contributed by atoms with Crippen molar-refractivity contribution < 1.29 is 9.84 Å². The van der Waals surface area contributed by atoms with Crippen molar-refractivity contribution in [1.29, 1.82) is 0 Å². The predicted octanol–water partition coefficient (Wildman–Crippen LogP) is 3.51. The van der Waals surface area contributed by atoms with Gasteiger partial charge < -0.3 is 14.7 Å². The Morgan fingerprint density at radius 2 is 2.32 bits per heavy atom. The van der Waals surface area contributed by atoms with E-state index < -0.39 is 6.10 Å². The number of aliphatic hydroxyl groups excluding tert-OH is 1. The molecule has 1 aromatic carbocycles. The molecule has 0 bridgehead atoms. The standard InChI is InChI=1S/C15H22BrNO2/c1-3-17(10-13-5-4-8-19-13)12-6-7-14(11(2)18)15(16)9-12/h6-7,9,11,13,18H,3-5,8,10H2,1-2H3/t11-,13?/m0/s1. The van der Waals surface area contributed by atoms with E-state index in [1.807, 2.05) is 6.07 Å². The normalized spacial score (nSPS) is 20.5. The van der Waals surface area contributed by atoms with Crippen LogP contribution in [0.4, 0.5) is 5.69 Å². The molecule has 0 aliphatic carbocycles. The van der Waals surface area contributed by atoms with Crippen molar-refractivity contribution in [3.05, 3.63) is 28.2 Å². The van der Waals surface area contributed by atoms with E-state index in [-0.39, 0.29) is 0 Å². The van der Waals surface area contributed by atoms with Crippen LogP contribution in [0.1, 0.15) is 38.4 Å². The number of benzene rings is 1. The number of rotatable bonds is 5. The molecule has 0 amide bonds. The molecule has 0 saturated carbocycles. The molecular weight excluding hydrogens is 306 g/mol. The quantitative estimate of drug-likeness (QED) is 0.898. The van der Waals surface area contributed by atoms with Crippen molar-refractivity contribution in [3.63, 3.8) is 0 Å². The zero-order valence-corrected chi connectivity index (χ0v) is 13.2. The Balaban J connectivity index is 2.11. The second-order valence-corrected chi connectivity index (χ2v) is 5.91. The highest BCUT2D eigenvalue weighted by Gasteiger charge is 2.19. The maximum Gasteiger partial charge on any atom is 0.0772 e. The Bertz CT molecular complexity index is 417. The van der Waals surface area contributed by atoms with Gasteiger partial charge in [-0.3, -0.25) is 0 Å². The number of nitrogens with zero attached hydrogens (tertiary/aromatic N) is 1. The Hall–Kier alpha value is -0.580. The van der Waals surface area contributed by atoms with E-state index in [0.29, 0.717) is 6.10 Å². The Kier molecular flexibility index (Phi) is 5.25. The lowest BCUT2D eigenvalue weighted by molar-refractivity contribution is 0.115. The van der Waals surface area contributed by atoms with Gasteiger partial charge >= 0.3 is 0 Å². The first-order valence-electron chi connectivity index (χ1n) is 6.96. The monoisotopic (exact) mass is 327 g/mol. The van der Waals surface area contributed by atoms with Crippen molar-refractivity contribution in [2.45, 2.75) is 38.9 Å². The number of ether oxygens (including phenoxy) is 1. The van der Waals surface area contributed by atoms with Crippen molar-refractivity contribution >= 4 is 21.6 Å². The average molecular weight is 328 g/mol. The van der Waals surface area contributed by atoms with Crippen molar-refractivity contribution in [2.75, 3.05) is 24.6 Å². The Labute approximate surface area is 123 Å². The number of halogens is 1. The number of aliphatic hydroxyl groups is 1. The highest BCUT2D eigenvalue weighted by Crippen LogP contribution is 2.29.